The van der Waals surface area contributed by atoms with Crippen LogP contribution in [0.15, 0.2) is 24.3 Å². The maximum absolute atomic E-state index is 12.7. The standard InChI is InChI=1S/C16H21NO3/c1-10(2)9-17-14(18)12-8-6-5-7-11(12)13(15(19)20)16(17,3)4/h5-8,10,13H,9H2,1-4H3,(H,19,20). The van der Waals surface area contributed by atoms with E-state index in [0.717, 1.165) is 0 Å². The average molecular weight is 275 g/mol. The van der Waals surface area contributed by atoms with Crippen molar-refractivity contribution in [3.63, 3.8) is 0 Å². The first-order chi connectivity index (χ1) is 9.26. The van der Waals surface area contributed by atoms with E-state index < -0.39 is 17.4 Å². The molecule has 108 valence electrons. The third-order valence-corrected chi connectivity index (χ3v) is 3.94. The van der Waals surface area contributed by atoms with E-state index in [-0.39, 0.29) is 11.8 Å². The zero-order chi connectivity index (χ0) is 15.1. The molecule has 4 nitrogen and oxygen atoms in total. The number of hydrogen-bond donors (Lipinski definition) is 1. The van der Waals surface area contributed by atoms with Crippen LogP contribution in [0.4, 0.5) is 0 Å². The van der Waals surface area contributed by atoms with Crippen LogP contribution in [0.1, 0.15) is 49.5 Å². The van der Waals surface area contributed by atoms with E-state index in [2.05, 4.69) is 0 Å². The van der Waals surface area contributed by atoms with Gasteiger partial charge in [0.05, 0.1) is 5.54 Å². The maximum Gasteiger partial charge on any atom is 0.313 e. The lowest BCUT2D eigenvalue weighted by molar-refractivity contribution is -0.142. The molecule has 2 rings (SSSR count). The van der Waals surface area contributed by atoms with Crippen molar-refractivity contribution in [1.29, 1.82) is 0 Å². The van der Waals surface area contributed by atoms with Gasteiger partial charge in [0.1, 0.15) is 5.92 Å². The third-order valence-electron chi connectivity index (χ3n) is 3.94. The summed E-state index contributed by atoms with van der Waals surface area (Å²) >= 11 is 0. The monoisotopic (exact) mass is 275 g/mol. The molecule has 0 aliphatic carbocycles. The minimum atomic E-state index is -0.885. The molecule has 1 heterocycles. The maximum atomic E-state index is 12.7. The molecule has 0 bridgehead atoms. The van der Waals surface area contributed by atoms with Crippen molar-refractivity contribution >= 4 is 11.9 Å². The highest BCUT2D eigenvalue weighted by molar-refractivity contribution is 6.00. The third kappa shape index (κ3) is 2.19. The number of benzene rings is 1. The van der Waals surface area contributed by atoms with Crippen LogP contribution < -0.4 is 0 Å². The fourth-order valence-corrected chi connectivity index (χ4v) is 3.01. The number of carboxylic acid groups (broad SMARTS) is 1. The van der Waals surface area contributed by atoms with E-state index in [9.17, 15) is 14.7 Å². The van der Waals surface area contributed by atoms with Gasteiger partial charge in [-0.2, -0.15) is 0 Å². The molecular weight excluding hydrogens is 254 g/mol. The van der Waals surface area contributed by atoms with Crippen molar-refractivity contribution in [1.82, 2.24) is 4.90 Å². The summed E-state index contributed by atoms with van der Waals surface area (Å²) in [4.78, 5) is 26.1. The lowest BCUT2D eigenvalue weighted by Gasteiger charge is -2.47. The van der Waals surface area contributed by atoms with E-state index in [1.165, 1.54) is 0 Å². The van der Waals surface area contributed by atoms with Crippen LogP contribution in [0.5, 0.6) is 0 Å². The number of rotatable bonds is 3. The molecule has 0 saturated heterocycles. The van der Waals surface area contributed by atoms with Gasteiger partial charge >= 0.3 is 5.97 Å². The molecule has 0 spiro atoms. The van der Waals surface area contributed by atoms with Crippen molar-refractivity contribution < 1.29 is 14.7 Å². The van der Waals surface area contributed by atoms with Crippen LogP contribution in [0, 0.1) is 5.92 Å². The predicted molar refractivity (Wildman–Crippen MR) is 76.8 cm³/mol. The van der Waals surface area contributed by atoms with Gasteiger partial charge in [0, 0.05) is 12.1 Å². The van der Waals surface area contributed by atoms with Crippen molar-refractivity contribution in [2.45, 2.75) is 39.2 Å². The number of hydrogen-bond acceptors (Lipinski definition) is 2. The molecule has 0 fully saturated rings. The molecule has 0 aromatic heterocycles. The van der Waals surface area contributed by atoms with Crippen LogP contribution >= 0.6 is 0 Å². The van der Waals surface area contributed by atoms with Gasteiger partial charge < -0.3 is 10.0 Å². The van der Waals surface area contributed by atoms with E-state index in [1.54, 1.807) is 29.2 Å². The first-order valence-electron chi connectivity index (χ1n) is 6.90. The fraction of sp³-hybridized carbons (Fsp3) is 0.500. The Labute approximate surface area is 119 Å². The Morgan fingerprint density at radius 2 is 1.95 bits per heavy atom. The first-order valence-corrected chi connectivity index (χ1v) is 6.90. The van der Waals surface area contributed by atoms with Crippen LogP contribution in [-0.2, 0) is 4.79 Å². The van der Waals surface area contributed by atoms with Gasteiger partial charge in [-0.3, -0.25) is 9.59 Å². The smallest absolute Gasteiger partial charge is 0.313 e. The van der Waals surface area contributed by atoms with E-state index in [4.69, 9.17) is 0 Å². The summed E-state index contributed by atoms with van der Waals surface area (Å²) < 4.78 is 0. The summed E-state index contributed by atoms with van der Waals surface area (Å²) in [6.07, 6.45) is 0. The topological polar surface area (TPSA) is 57.6 Å². The molecule has 0 saturated carbocycles. The lowest BCUT2D eigenvalue weighted by atomic mass is 9.74. The normalized spacial score (nSPS) is 20.9. The Morgan fingerprint density at radius 1 is 1.35 bits per heavy atom. The van der Waals surface area contributed by atoms with Gasteiger partial charge in [0.15, 0.2) is 0 Å². The zero-order valence-electron chi connectivity index (χ0n) is 12.4. The quantitative estimate of drug-likeness (QED) is 0.922. The second kappa shape index (κ2) is 4.93. The predicted octanol–water partition coefficient (Wildman–Crippen LogP) is 2.75. The van der Waals surface area contributed by atoms with Gasteiger partial charge in [-0.15, -0.1) is 0 Å². The molecule has 20 heavy (non-hydrogen) atoms. The van der Waals surface area contributed by atoms with Gasteiger partial charge in [0.2, 0.25) is 0 Å². The summed E-state index contributed by atoms with van der Waals surface area (Å²) in [6.45, 7) is 8.28. The minimum absolute atomic E-state index is 0.0724. The Hall–Kier alpha value is -1.84. The molecule has 4 heteroatoms. The molecule has 0 radical (unpaired) electrons. The summed E-state index contributed by atoms with van der Waals surface area (Å²) in [5.41, 5.74) is 0.400. The zero-order valence-corrected chi connectivity index (χ0v) is 12.4. The van der Waals surface area contributed by atoms with Crippen molar-refractivity contribution in [2.75, 3.05) is 6.54 Å². The summed E-state index contributed by atoms with van der Waals surface area (Å²) in [5, 5.41) is 9.62. The molecule has 1 aliphatic rings. The van der Waals surface area contributed by atoms with Crippen LogP contribution in [-0.4, -0.2) is 34.0 Å². The number of aliphatic carboxylic acids is 1. The Balaban J connectivity index is 2.61. The summed E-state index contributed by atoms with van der Waals surface area (Å²) in [6, 6.07) is 7.04. The highest BCUT2D eigenvalue weighted by Crippen LogP contribution is 2.41. The molecule has 1 amide bonds. The first kappa shape index (κ1) is 14.6. The number of carbonyl (C=O) groups excluding carboxylic acids is 1. The van der Waals surface area contributed by atoms with Crippen molar-refractivity contribution in [3.05, 3.63) is 35.4 Å². The Bertz CT molecular complexity index is 548. The minimum Gasteiger partial charge on any atom is -0.481 e. The van der Waals surface area contributed by atoms with Crippen LogP contribution in [0.25, 0.3) is 0 Å². The number of carboxylic acids is 1. The van der Waals surface area contributed by atoms with Crippen LogP contribution in [0.2, 0.25) is 0 Å². The van der Waals surface area contributed by atoms with E-state index in [0.29, 0.717) is 17.7 Å². The summed E-state index contributed by atoms with van der Waals surface area (Å²) in [7, 11) is 0. The second-order valence-electron chi connectivity index (χ2n) is 6.32. The number of fused-ring (bicyclic) bond motifs is 1. The molecule has 1 unspecified atom stereocenters. The molecule has 1 atom stereocenters. The summed E-state index contributed by atoms with van der Waals surface area (Å²) in [5.74, 6) is -1.37. The molecule has 1 aliphatic heterocycles. The largest absolute Gasteiger partial charge is 0.481 e. The molecule has 1 aromatic rings. The number of carbonyl (C=O) groups is 2. The lowest BCUT2D eigenvalue weighted by Crippen LogP contribution is -2.58. The van der Waals surface area contributed by atoms with Gasteiger partial charge in [-0.05, 0) is 31.4 Å². The van der Waals surface area contributed by atoms with Crippen molar-refractivity contribution in [3.8, 4) is 0 Å². The van der Waals surface area contributed by atoms with Gasteiger partial charge in [-0.1, -0.05) is 32.0 Å². The van der Waals surface area contributed by atoms with Crippen molar-refractivity contribution in [2.24, 2.45) is 5.92 Å². The van der Waals surface area contributed by atoms with Gasteiger partial charge in [-0.25, -0.2) is 0 Å². The highest BCUT2D eigenvalue weighted by atomic mass is 16.4. The Kier molecular flexibility index (Phi) is 3.59. The molecular formula is C16H21NO3. The van der Waals surface area contributed by atoms with E-state index in [1.807, 2.05) is 27.7 Å². The van der Waals surface area contributed by atoms with Gasteiger partial charge in [0.25, 0.3) is 5.91 Å². The Morgan fingerprint density at radius 3 is 2.50 bits per heavy atom. The fourth-order valence-electron chi connectivity index (χ4n) is 3.01. The number of amides is 1. The second-order valence-corrected chi connectivity index (χ2v) is 6.32. The average Bonchev–Trinajstić information content (AvgIpc) is 2.33. The number of nitrogens with zero attached hydrogens (tertiary/aromatic N) is 1. The SMILES string of the molecule is CC(C)CN1C(=O)c2ccccc2C(C(=O)O)C1(C)C. The van der Waals surface area contributed by atoms with Crippen LogP contribution in [0.3, 0.4) is 0 Å². The van der Waals surface area contributed by atoms with E-state index >= 15 is 0 Å². The molecule has 1 aromatic carbocycles. The highest BCUT2D eigenvalue weighted by Gasteiger charge is 2.48. The molecule has 1 N–H and O–H groups in total.